The van der Waals surface area contributed by atoms with E-state index in [1.165, 1.54) is 16.5 Å². The number of nitrogens with zero attached hydrogens (tertiary/aromatic N) is 16. The molecule has 144 heavy (non-hydrogen) atoms. The van der Waals surface area contributed by atoms with E-state index in [0.717, 1.165) is 223 Å². The highest BCUT2D eigenvalue weighted by atomic mass is 15.2. The molecule has 0 unspecified atom stereocenters. The second-order valence-corrected chi connectivity index (χ2v) is 35.5. The number of fused-ring (bicyclic) bond motifs is 15. The zero-order chi connectivity index (χ0) is 95.3. The van der Waals surface area contributed by atoms with Crippen LogP contribution >= 0.6 is 0 Å². The fourth-order valence-electron chi connectivity index (χ4n) is 20.5. The Bertz CT molecular complexity index is 9090. The molecule has 16 nitrogen and oxygen atoms in total. The molecular formula is C128H84N16. The predicted octanol–water partition coefficient (Wildman–Crippen LogP) is 30.8. The van der Waals surface area contributed by atoms with Gasteiger partial charge in [-0.3, -0.25) is 38.2 Å². The summed E-state index contributed by atoms with van der Waals surface area (Å²) in [5.41, 5.74) is 35.4. The summed E-state index contributed by atoms with van der Waals surface area (Å²) in [5.74, 6) is 3.34. The number of hydrogen-bond acceptors (Lipinski definition) is 10. The number of para-hydroxylation sites is 6. The minimum atomic E-state index is 0.616. The molecule has 676 valence electrons. The topological polar surface area (TPSA) is 158 Å². The molecule has 0 bridgehead atoms. The maximum atomic E-state index is 5.49. The Labute approximate surface area is 827 Å². The maximum absolute atomic E-state index is 5.49. The third kappa shape index (κ3) is 15.3. The van der Waals surface area contributed by atoms with Gasteiger partial charge in [0, 0.05) is 144 Å². The number of rotatable bonds is 16. The van der Waals surface area contributed by atoms with Gasteiger partial charge in [-0.15, -0.1) is 0 Å². The average Bonchev–Trinajstić information content (AvgIpc) is 1.56. The molecular weight excluding hydrogens is 1760 g/mol. The quantitative estimate of drug-likeness (QED) is 0.0911. The van der Waals surface area contributed by atoms with Crippen LogP contribution in [0.25, 0.3) is 245 Å². The first-order valence-electron chi connectivity index (χ1n) is 48.0. The molecule has 0 fully saturated rings. The van der Waals surface area contributed by atoms with E-state index in [1.807, 2.05) is 110 Å². The zero-order valence-corrected chi connectivity index (χ0v) is 77.7. The van der Waals surface area contributed by atoms with Crippen molar-refractivity contribution in [3.8, 4) is 147 Å². The number of imidazole rings is 3. The van der Waals surface area contributed by atoms with Crippen LogP contribution in [0.5, 0.6) is 0 Å². The molecule has 0 radical (unpaired) electrons. The van der Waals surface area contributed by atoms with E-state index in [9.17, 15) is 0 Å². The number of aromatic nitrogens is 16. The Morgan fingerprint density at radius 1 is 0.139 bits per heavy atom. The molecule has 16 aromatic carbocycles. The van der Waals surface area contributed by atoms with E-state index >= 15 is 0 Å². The SMILES string of the molecule is c1ccc(-c2ccc(-c3nc4c5c6ccccc6n(-c6nc(-c7ccccc7)cc(-c7ccccc7)n6)c5ccc4n3-c3ccccc3)cc2)cc1.c1ccc(-c2nc3c4c5ccccc5n(-c5cc(-c6ccncc6)cc(-c6ccncc6)c5)c4ccc3n2-c2ccccc2)cc1.c1ccc(-c2nc3c4c5ccccc5n(-c5cc(-c6ccncc6)nc(-c6ccncc6)c5)c4ccc3n2-c2ccccc2)cc1. The van der Waals surface area contributed by atoms with Crippen molar-refractivity contribution in [2.45, 2.75) is 0 Å². The Morgan fingerprint density at radius 3 is 0.750 bits per heavy atom. The minimum Gasteiger partial charge on any atom is -0.309 e. The lowest BCUT2D eigenvalue weighted by molar-refractivity contribution is 0.996. The van der Waals surface area contributed by atoms with Gasteiger partial charge in [0.15, 0.2) is 0 Å². The first kappa shape index (κ1) is 84.6. The molecule has 0 atom stereocenters. The molecule has 28 rings (SSSR count). The van der Waals surface area contributed by atoms with Gasteiger partial charge in [0.05, 0.1) is 94.7 Å². The minimum absolute atomic E-state index is 0.616. The summed E-state index contributed by atoms with van der Waals surface area (Å²) in [5, 5.41) is 6.74. The Kier molecular flexibility index (Phi) is 21.5. The van der Waals surface area contributed by atoms with Crippen LogP contribution in [0.1, 0.15) is 0 Å². The van der Waals surface area contributed by atoms with Gasteiger partial charge in [0.2, 0.25) is 5.95 Å². The highest BCUT2D eigenvalue weighted by molar-refractivity contribution is 6.23. The molecule has 0 aliphatic rings. The molecule has 0 spiro atoms. The van der Waals surface area contributed by atoms with Gasteiger partial charge in [-0.05, 0) is 209 Å². The molecule has 0 saturated heterocycles. The summed E-state index contributed by atoms with van der Waals surface area (Å²) in [6.45, 7) is 0. The van der Waals surface area contributed by atoms with Crippen molar-refractivity contribution in [2.75, 3.05) is 0 Å². The first-order valence-corrected chi connectivity index (χ1v) is 48.0. The fraction of sp³-hybridized carbons (Fsp3) is 0. The standard InChI is InChI=1S/C47H31N5.C41H27N5.C40H26N6/c1-5-15-32(16-6-1)33-25-27-36(28-26-33)46-50-45-43(51(46)37-21-11-4-12-22-37)30-29-42-44(45)38-23-13-14-24-41(38)52(42)47-48-39(34-17-7-2-8-18-34)31-40(49-47)35-19-9-3-10-20-35;1-3-9-30(10-4-1)41-44-40-38(46(41)33-11-5-2-6-12-33)16-15-37-39(40)35-13-7-8-14-36(35)45(37)34-26-31(28-17-21-42-22-18-28)25-32(27-34)29-19-23-43-24-20-29;1-3-9-29(10-4-1)40-44-39-37(46(40)30-11-5-2-6-12-30)16-15-36-38(39)32-13-7-8-14-35(32)45(36)31-25-33(27-17-21-41-22-18-27)43-34(26-31)28-19-23-42-24-20-28/h1-31H;1-27H;1-26H. The van der Waals surface area contributed by atoms with Crippen LogP contribution in [0.3, 0.4) is 0 Å². The summed E-state index contributed by atoms with van der Waals surface area (Å²) < 4.78 is 13.7. The molecule has 0 N–H and O–H groups in total. The molecule has 0 aliphatic heterocycles. The van der Waals surface area contributed by atoms with Crippen LogP contribution in [0, 0.1) is 0 Å². The van der Waals surface area contributed by atoms with Gasteiger partial charge in [-0.25, -0.2) is 29.9 Å². The van der Waals surface area contributed by atoms with Crippen LogP contribution in [0.4, 0.5) is 0 Å². The van der Waals surface area contributed by atoms with Crippen LogP contribution in [0.15, 0.2) is 511 Å². The number of benzene rings is 16. The first-order chi connectivity index (χ1) is 71.5. The number of pyridine rings is 5. The third-order valence-electron chi connectivity index (χ3n) is 27.0. The normalized spacial score (nSPS) is 11.5. The van der Waals surface area contributed by atoms with E-state index in [1.54, 1.807) is 24.8 Å². The highest BCUT2D eigenvalue weighted by Crippen LogP contribution is 2.47. The fourth-order valence-corrected chi connectivity index (χ4v) is 20.5. The predicted molar refractivity (Wildman–Crippen MR) is 585 cm³/mol. The van der Waals surface area contributed by atoms with Crippen molar-refractivity contribution < 1.29 is 0 Å². The van der Waals surface area contributed by atoms with E-state index in [0.29, 0.717) is 5.95 Å². The third-order valence-corrected chi connectivity index (χ3v) is 27.0. The summed E-state index contributed by atoms with van der Waals surface area (Å²) >= 11 is 0. The lowest BCUT2D eigenvalue weighted by Gasteiger charge is -2.14. The van der Waals surface area contributed by atoms with Gasteiger partial charge in [0.1, 0.15) is 17.5 Å². The monoisotopic (exact) mass is 1840 g/mol. The molecule has 16 heteroatoms. The molecule has 0 aliphatic carbocycles. The number of hydrogen-bond donors (Lipinski definition) is 0. The van der Waals surface area contributed by atoms with Gasteiger partial charge < -0.3 is 9.13 Å². The lowest BCUT2D eigenvalue weighted by Crippen LogP contribution is -2.04. The summed E-state index contributed by atoms with van der Waals surface area (Å²) in [7, 11) is 0. The van der Waals surface area contributed by atoms with Gasteiger partial charge >= 0.3 is 0 Å². The van der Waals surface area contributed by atoms with Crippen LogP contribution in [-0.2, 0) is 0 Å². The van der Waals surface area contributed by atoms with E-state index < -0.39 is 0 Å². The van der Waals surface area contributed by atoms with Crippen molar-refractivity contribution in [3.63, 3.8) is 0 Å². The summed E-state index contributed by atoms with van der Waals surface area (Å²) in [4.78, 5) is 48.8. The molecule has 12 heterocycles. The zero-order valence-electron chi connectivity index (χ0n) is 77.7. The van der Waals surface area contributed by atoms with Crippen molar-refractivity contribution >= 4 is 98.5 Å². The Morgan fingerprint density at radius 2 is 0.389 bits per heavy atom. The molecule has 12 aromatic heterocycles. The van der Waals surface area contributed by atoms with E-state index in [-0.39, 0.29) is 0 Å². The van der Waals surface area contributed by atoms with Crippen LogP contribution in [0.2, 0.25) is 0 Å². The lowest BCUT2D eigenvalue weighted by atomic mass is 9.99. The molecule has 28 aromatic rings. The molecule has 0 amide bonds. The summed E-state index contributed by atoms with van der Waals surface area (Å²) in [6.07, 6.45) is 14.6. The smallest absolute Gasteiger partial charge is 0.235 e. The van der Waals surface area contributed by atoms with Crippen LogP contribution in [-0.4, -0.2) is 77.2 Å². The van der Waals surface area contributed by atoms with Crippen molar-refractivity contribution in [2.24, 2.45) is 0 Å². The van der Waals surface area contributed by atoms with Gasteiger partial charge in [-0.1, -0.05) is 285 Å². The Balaban J connectivity index is 0.000000110. The van der Waals surface area contributed by atoms with Gasteiger partial charge in [0.25, 0.3) is 0 Å². The van der Waals surface area contributed by atoms with E-state index in [2.05, 4.69) is 423 Å². The van der Waals surface area contributed by atoms with Gasteiger partial charge in [-0.2, -0.15) is 0 Å². The summed E-state index contributed by atoms with van der Waals surface area (Å²) in [6, 6.07) is 161. The van der Waals surface area contributed by atoms with Crippen molar-refractivity contribution in [3.05, 3.63) is 511 Å². The van der Waals surface area contributed by atoms with E-state index in [4.69, 9.17) is 29.9 Å². The largest absolute Gasteiger partial charge is 0.309 e. The molecule has 0 saturated carbocycles. The van der Waals surface area contributed by atoms with Crippen LogP contribution < -0.4 is 0 Å². The maximum Gasteiger partial charge on any atom is 0.235 e. The Hall–Kier alpha value is -19.8. The highest BCUT2D eigenvalue weighted by Gasteiger charge is 2.28. The van der Waals surface area contributed by atoms with Crippen molar-refractivity contribution in [1.29, 1.82) is 0 Å². The van der Waals surface area contributed by atoms with Crippen molar-refractivity contribution in [1.82, 2.24) is 77.2 Å². The second-order valence-electron chi connectivity index (χ2n) is 35.5. The second kappa shape index (κ2) is 36.6. The average molecular weight is 1850 g/mol.